The quantitative estimate of drug-likeness (QED) is 0.526. The third kappa shape index (κ3) is 2.84. The van der Waals surface area contributed by atoms with Gasteiger partial charge in [-0.25, -0.2) is 0 Å². The van der Waals surface area contributed by atoms with E-state index in [9.17, 15) is 5.26 Å². The lowest BCUT2D eigenvalue weighted by Crippen LogP contribution is -2.07. The Labute approximate surface area is 179 Å². The first kappa shape index (κ1) is 18.8. The molecule has 4 aromatic heterocycles. The Morgan fingerprint density at radius 3 is 1.90 bits per heavy atom. The molecule has 5 rings (SSSR count). The first-order valence-corrected chi connectivity index (χ1v) is 9.84. The number of nitrogen functional groups attached to an aromatic ring is 2. The molecule has 9 heteroatoms. The summed E-state index contributed by atoms with van der Waals surface area (Å²) in [7, 11) is 3.58. The maximum Gasteiger partial charge on any atom is 0.130 e. The molecule has 4 N–H and O–H groups in total. The van der Waals surface area contributed by atoms with E-state index in [0.717, 1.165) is 40.1 Å². The molecule has 0 spiro atoms. The van der Waals surface area contributed by atoms with Gasteiger partial charge >= 0.3 is 0 Å². The predicted molar refractivity (Wildman–Crippen MR) is 116 cm³/mol. The van der Waals surface area contributed by atoms with Crippen LogP contribution in [0.3, 0.4) is 0 Å². The highest BCUT2D eigenvalue weighted by Crippen LogP contribution is 2.60. The summed E-state index contributed by atoms with van der Waals surface area (Å²) in [5.41, 5.74) is 16.5. The molecule has 1 fully saturated rings. The molecule has 4 aromatic rings. The van der Waals surface area contributed by atoms with E-state index in [1.807, 2.05) is 30.5 Å². The lowest BCUT2D eigenvalue weighted by atomic mass is 9.93. The minimum Gasteiger partial charge on any atom is -0.383 e. The van der Waals surface area contributed by atoms with Crippen molar-refractivity contribution in [2.75, 3.05) is 11.5 Å². The van der Waals surface area contributed by atoms with Crippen LogP contribution in [-0.2, 0) is 19.5 Å². The first-order chi connectivity index (χ1) is 14.9. The summed E-state index contributed by atoms with van der Waals surface area (Å²) in [5, 5.41) is 18.3. The molecule has 9 nitrogen and oxygen atoms in total. The van der Waals surface area contributed by atoms with Crippen LogP contribution in [-0.4, -0.2) is 29.5 Å². The molecule has 1 aliphatic rings. The second-order valence-electron chi connectivity index (χ2n) is 7.88. The van der Waals surface area contributed by atoms with Crippen molar-refractivity contribution >= 4 is 11.6 Å². The van der Waals surface area contributed by atoms with Crippen LogP contribution >= 0.6 is 0 Å². The lowest BCUT2D eigenvalue weighted by Gasteiger charge is -2.10. The fourth-order valence-electron chi connectivity index (χ4n) is 4.05. The van der Waals surface area contributed by atoms with Crippen molar-refractivity contribution in [1.29, 1.82) is 5.26 Å². The summed E-state index contributed by atoms with van der Waals surface area (Å²) in [4.78, 5) is 9.11. The third-order valence-corrected chi connectivity index (χ3v) is 6.15. The van der Waals surface area contributed by atoms with Crippen LogP contribution in [0.1, 0.15) is 23.5 Å². The Morgan fingerprint density at radius 1 is 0.903 bits per heavy atom. The van der Waals surface area contributed by atoms with Gasteiger partial charge in [0.05, 0.1) is 46.4 Å². The van der Waals surface area contributed by atoms with E-state index in [-0.39, 0.29) is 5.92 Å². The van der Waals surface area contributed by atoms with Gasteiger partial charge in [0, 0.05) is 32.4 Å². The van der Waals surface area contributed by atoms with E-state index in [1.54, 1.807) is 42.0 Å². The van der Waals surface area contributed by atoms with Crippen molar-refractivity contribution in [1.82, 2.24) is 29.5 Å². The lowest BCUT2D eigenvalue weighted by molar-refractivity contribution is 0.779. The number of anilines is 2. The monoisotopic (exact) mass is 411 g/mol. The Balaban J connectivity index is 1.40. The van der Waals surface area contributed by atoms with Gasteiger partial charge in [-0.15, -0.1) is 0 Å². The van der Waals surface area contributed by atoms with Gasteiger partial charge < -0.3 is 11.5 Å². The van der Waals surface area contributed by atoms with Crippen molar-refractivity contribution in [3.05, 3.63) is 60.2 Å². The summed E-state index contributed by atoms with van der Waals surface area (Å²) in [6, 6.07) is 10.3. The average molecular weight is 411 g/mol. The Bertz CT molecular complexity index is 1310. The molecule has 0 bridgehead atoms. The van der Waals surface area contributed by atoms with Crippen LogP contribution < -0.4 is 11.5 Å². The number of hydrogen-bond acceptors (Lipinski definition) is 7. The SMILES string of the molecule is Cn1ncc(-c2ccc(C3CC3(C#N)c3ccc(-c4cnn(C)c4N)nc3)cn2)c1N. The topological polar surface area (TPSA) is 137 Å². The fraction of sp³-hybridized carbons (Fsp3) is 0.227. The van der Waals surface area contributed by atoms with Crippen LogP contribution in [0.5, 0.6) is 0 Å². The number of aromatic nitrogens is 6. The van der Waals surface area contributed by atoms with Gasteiger partial charge in [0.15, 0.2) is 0 Å². The van der Waals surface area contributed by atoms with E-state index in [2.05, 4.69) is 26.2 Å². The van der Waals surface area contributed by atoms with Gasteiger partial charge in [0.1, 0.15) is 11.6 Å². The maximum atomic E-state index is 9.99. The standard InChI is InChI=1S/C22H21N9/c1-30-20(24)15(10-28-30)18-5-3-13(8-26-18)17-7-22(17,12-23)14-4-6-19(27-9-14)16-11-29-31(2)21(16)25/h3-6,8-11,17H,7,24-25H2,1-2H3. The van der Waals surface area contributed by atoms with Crippen molar-refractivity contribution in [2.24, 2.45) is 14.1 Å². The van der Waals surface area contributed by atoms with Gasteiger partial charge in [-0.3, -0.25) is 19.3 Å². The Morgan fingerprint density at radius 2 is 1.48 bits per heavy atom. The Hall–Kier alpha value is -4.19. The molecule has 0 saturated heterocycles. The highest BCUT2D eigenvalue weighted by molar-refractivity contribution is 5.71. The zero-order valence-corrected chi connectivity index (χ0v) is 17.2. The second kappa shape index (κ2) is 6.67. The number of nitrogens with two attached hydrogens (primary N) is 2. The van der Waals surface area contributed by atoms with Gasteiger partial charge in [0.25, 0.3) is 0 Å². The van der Waals surface area contributed by atoms with E-state index < -0.39 is 5.41 Å². The molecular formula is C22H21N9. The predicted octanol–water partition coefficient (Wildman–Crippen LogP) is 2.39. The van der Waals surface area contributed by atoms with Crippen LogP contribution in [0.4, 0.5) is 11.6 Å². The molecule has 0 radical (unpaired) electrons. The molecule has 0 aliphatic heterocycles. The molecular weight excluding hydrogens is 390 g/mol. The third-order valence-electron chi connectivity index (χ3n) is 6.15. The largest absolute Gasteiger partial charge is 0.383 e. The normalized spacial score (nSPS) is 19.8. The molecule has 0 amide bonds. The molecule has 2 unspecified atom stereocenters. The molecule has 2 atom stereocenters. The molecule has 0 aromatic carbocycles. The molecule has 1 saturated carbocycles. The summed E-state index contributed by atoms with van der Waals surface area (Å²) >= 11 is 0. The number of rotatable bonds is 4. The number of nitrogens with zero attached hydrogens (tertiary/aromatic N) is 7. The first-order valence-electron chi connectivity index (χ1n) is 9.84. The van der Waals surface area contributed by atoms with E-state index >= 15 is 0 Å². The van der Waals surface area contributed by atoms with E-state index in [1.165, 1.54) is 0 Å². The summed E-state index contributed by atoms with van der Waals surface area (Å²) in [6.45, 7) is 0. The molecule has 154 valence electrons. The number of pyridine rings is 2. The Kier molecular flexibility index (Phi) is 4.05. The molecule has 4 heterocycles. The van der Waals surface area contributed by atoms with Crippen LogP contribution in [0.2, 0.25) is 0 Å². The minimum absolute atomic E-state index is 0.0707. The smallest absolute Gasteiger partial charge is 0.130 e. The highest BCUT2D eigenvalue weighted by atomic mass is 15.3. The van der Waals surface area contributed by atoms with Crippen molar-refractivity contribution in [3.8, 4) is 28.6 Å². The van der Waals surface area contributed by atoms with E-state index in [0.29, 0.717) is 11.6 Å². The van der Waals surface area contributed by atoms with Gasteiger partial charge in [-0.1, -0.05) is 12.1 Å². The van der Waals surface area contributed by atoms with Gasteiger partial charge in [-0.2, -0.15) is 15.5 Å². The van der Waals surface area contributed by atoms with Gasteiger partial charge in [0.2, 0.25) is 0 Å². The summed E-state index contributed by atoms with van der Waals surface area (Å²) in [6.07, 6.45) is 7.72. The van der Waals surface area contributed by atoms with Gasteiger partial charge in [-0.05, 0) is 29.7 Å². The number of hydrogen-bond donors (Lipinski definition) is 2. The van der Waals surface area contributed by atoms with Crippen LogP contribution in [0.15, 0.2) is 49.1 Å². The summed E-state index contributed by atoms with van der Waals surface area (Å²) in [5.74, 6) is 1.19. The van der Waals surface area contributed by atoms with Crippen LogP contribution in [0, 0.1) is 11.3 Å². The average Bonchev–Trinajstić information content (AvgIpc) is 3.34. The van der Waals surface area contributed by atoms with Crippen molar-refractivity contribution in [2.45, 2.75) is 17.8 Å². The summed E-state index contributed by atoms with van der Waals surface area (Å²) < 4.78 is 3.22. The zero-order valence-electron chi connectivity index (χ0n) is 17.2. The van der Waals surface area contributed by atoms with Crippen molar-refractivity contribution in [3.63, 3.8) is 0 Å². The second-order valence-corrected chi connectivity index (χ2v) is 7.88. The fourth-order valence-corrected chi connectivity index (χ4v) is 4.05. The van der Waals surface area contributed by atoms with E-state index in [4.69, 9.17) is 11.5 Å². The number of aryl methyl sites for hydroxylation is 2. The molecule has 1 aliphatic carbocycles. The maximum absolute atomic E-state index is 9.99. The molecule has 31 heavy (non-hydrogen) atoms. The van der Waals surface area contributed by atoms with Crippen LogP contribution in [0.25, 0.3) is 22.5 Å². The zero-order chi connectivity index (χ0) is 21.8. The highest BCUT2D eigenvalue weighted by Gasteiger charge is 2.57. The van der Waals surface area contributed by atoms with Crippen molar-refractivity contribution < 1.29 is 0 Å². The number of nitriles is 1. The minimum atomic E-state index is -0.595.